The van der Waals surface area contributed by atoms with E-state index < -0.39 is 0 Å². The van der Waals surface area contributed by atoms with Gasteiger partial charge in [-0.1, -0.05) is 30.3 Å². The van der Waals surface area contributed by atoms with Crippen LogP contribution in [0.25, 0.3) is 0 Å². The number of anilines is 2. The van der Waals surface area contributed by atoms with Crippen LogP contribution in [0.15, 0.2) is 42.6 Å². The van der Waals surface area contributed by atoms with Gasteiger partial charge < -0.3 is 19.7 Å². The van der Waals surface area contributed by atoms with Gasteiger partial charge in [-0.25, -0.2) is 4.98 Å². The smallest absolute Gasteiger partial charge is 0.227 e. The summed E-state index contributed by atoms with van der Waals surface area (Å²) < 4.78 is 11.6. The molecule has 6 nitrogen and oxygen atoms in total. The first-order chi connectivity index (χ1) is 12.2. The van der Waals surface area contributed by atoms with Gasteiger partial charge in [-0.15, -0.1) is 0 Å². The van der Waals surface area contributed by atoms with Crippen LogP contribution in [0.1, 0.15) is 31.4 Å². The average Bonchev–Trinajstić information content (AvgIpc) is 3.11. The van der Waals surface area contributed by atoms with Crippen molar-refractivity contribution in [1.29, 1.82) is 0 Å². The number of rotatable bonds is 4. The van der Waals surface area contributed by atoms with Gasteiger partial charge in [0, 0.05) is 38.2 Å². The Balaban J connectivity index is 1.41. The number of aromatic nitrogens is 2. The summed E-state index contributed by atoms with van der Waals surface area (Å²) in [6, 6.07) is 12.5. The van der Waals surface area contributed by atoms with Crippen molar-refractivity contribution in [2.24, 2.45) is 0 Å². The summed E-state index contributed by atoms with van der Waals surface area (Å²) in [4.78, 5) is 11.4. The van der Waals surface area contributed by atoms with E-state index in [0.29, 0.717) is 13.2 Å². The van der Waals surface area contributed by atoms with Crippen molar-refractivity contribution in [2.75, 3.05) is 36.5 Å². The first kappa shape index (κ1) is 16.3. The fraction of sp³-hybridized carbons (Fsp3) is 0.474. The molecular formula is C19H24N4O2. The molecule has 0 bridgehead atoms. The zero-order valence-corrected chi connectivity index (χ0v) is 14.5. The number of hydrogen-bond donors (Lipinski definition) is 1. The molecule has 0 aliphatic carbocycles. The molecule has 2 fully saturated rings. The minimum Gasteiger partial charge on any atom is -0.363 e. The van der Waals surface area contributed by atoms with Crippen LogP contribution >= 0.6 is 0 Å². The molecule has 1 aromatic carbocycles. The highest BCUT2D eigenvalue weighted by atomic mass is 16.7. The fourth-order valence-electron chi connectivity index (χ4n) is 3.46. The Morgan fingerprint density at radius 3 is 2.52 bits per heavy atom. The number of hydrogen-bond acceptors (Lipinski definition) is 6. The average molecular weight is 340 g/mol. The Morgan fingerprint density at radius 1 is 1.08 bits per heavy atom. The summed E-state index contributed by atoms with van der Waals surface area (Å²) in [5.74, 6) is 1.24. The lowest BCUT2D eigenvalue weighted by molar-refractivity contribution is -0.169. The normalized spacial score (nSPS) is 20.6. The van der Waals surface area contributed by atoms with Crippen LogP contribution in [0.2, 0.25) is 0 Å². The molecule has 0 saturated carbocycles. The van der Waals surface area contributed by atoms with E-state index in [1.165, 1.54) is 5.56 Å². The van der Waals surface area contributed by atoms with Gasteiger partial charge in [0.05, 0.1) is 13.2 Å². The molecule has 0 amide bonds. The first-order valence-corrected chi connectivity index (χ1v) is 8.92. The summed E-state index contributed by atoms with van der Waals surface area (Å²) >= 11 is 0. The quantitative estimate of drug-likeness (QED) is 0.923. The van der Waals surface area contributed by atoms with Crippen molar-refractivity contribution in [1.82, 2.24) is 9.97 Å². The van der Waals surface area contributed by atoms with Crippen molar-refractivity contribution >= 4 is 11.8 Å². The van der Waals surface area contributed by atoms with Gasteiger partial charge in [-0.3, -0.25) is 0 Å². The highest BCUT2D eigenvalue weighted by Gasteiger charge is 2.40. The molecule has 1 N–H and O–H groups in total. The third kappa shape index (κ3) is 3.60. The van der Waals surface area contributed by atoms with E-state index in [0.717, 1.165) is 37.7 Å². The summed E-state index contributed by atoms with van der Waals surface area (Å²) in [6.07, 6.45) is 3.53. The molecule has 4 rings (SSSR count). The van der Waals surface area contributed by atoms with Gasteiger partial charge in [0.15, 0.2) is 5.79 Å². The number of ether oxygens (including phenoxy) is 2. The Labute approximate surface area is 148 Å². The van der Waals surface area contributed by atoms with Crippen LogP contribution in [-0.2, 0) is 9.47 Å². The topological polar surface area (TPSA) is 59.5 Å². The largest absolute Gasteiger partial charge is 0.363 e. The zero-order chi connectivity index (χ0) is 17.1. The minimum atomic E-state index is -0.367. The van der Waals surface area contributed by atoms with Gasteiger partial charge in [-0.05, 0) is 18.6 Å². The molecule has 2 aliphatic rings. The number of benzene rings is 1. The van der Waals surface area contributed by atoms with Gasteiger partial charge in [0.25, 0.3) is 0 Å². The lowest BCUT2D eigenvalue weighted by Crippen LogP contribution is -2.45. The molecule has 132 valence electrons. The van der Waals surface area contributed by atoms with E-state index in [1.54, 1.807) is 0 Å². The van der Waals surface area contributed by atoms with E-state index in [2.05, 4.69) is 46.4 Å². The predicted molar refractivity (Wildman–Crippen MR) is 96.6 cm³/mol. The van der Waals surface area contributed by atoms with Crippen LogP contribution in [0, 0.1) is 0 Å². The lowest BCUT2D eigenvalue weighted by Gasteiger charge is -2.37. The Hall–Kier alpha value is -2.18. The number of nitrogens with one attached hydrogen (secondary N) is 1. The van der Waals surface area contributed by atoms with E-state index in [9.17, 15) is 0 Å². The molecule has 25 heavy (non-hydrogen) atoms. The zero-order valence-electron chi connectivity index (χ0n) is 14.5. The molecular weight excluding hydrogens is 316 g/mol. The highest BCUT2D eigenvalue weighted by molar-refractivity contribution is 5.43. The molecule has 2 aromatic rings. The number of piperidine rings is 1. The molecule has 1 spiro atoms. The maximum atomic E-state index is 5.79. The Bertz CT molecular complexity index is 694. The molecule has 1 unspecified atom stereocenters. The van der Waals surface area contributed by atoms with E-state index in [1.807, 2.05) is 18.3 Å². The van der Waals surface area contributed by atoms with Crippen LogP contribution in [0.4, 0.5) is 11.8 Å². The van der Waals surface area contributed by atoms with Crippen LogP contribution < -0.4 is 10.2 Å². The standard InChI is InChI=1S/C19H24N4O2/c1-15(16-5-3-2-4-6-16)21-17-7-10-20-18(22-17)23-11-8-19(9-12-23)24-13-14-25-19/h2-7,10,15H,8-9,11-14H2,1H3,(H,20,21,22). The number of nitrogens with zero attached hydrogens (tertiary/aromatic N) is 3. The fourth-order valence-corrected chi connectivity index (χ4v) is 3.46. The maximum Gasteiger partial charge on any atom is 0.227 e. The van der Waals surface area contributed by atoms with Gasteiger partial charge >= 0.3 is 0 Å². The SMILES string of the molecule is CC(Nc1ccnc(N2CCC3(CC2)OCCO3)n1)c1ccccc1. The Kier molecular flexibility index (Phi) is 4.55. The molecule has 2 aliphatic heterocycles. The third-order valence-corrected chi connectivity index (χ3v) is 4.93. The van der Waals surface area contributed by atoms with Crippen molar-refractivity contribution < 1.29 is 9.47 Å². The molecule has 1 aromatic heterocycles. The predicted octanol–water partition coefficient (Wildman–Crippen LogP) is 2.99. The monoisotopic (exact) mass is 340 g/mol. The van der Waals surface area contributed by atoms with Crippen molar-refractivity contribution in [3.63, 3.8) is 0 Å². The summed E-state index contributed by atoms with van der Waals surface area (Å²) in [7, 11) is 0. The van der Waals surface area contributed by atoms with Crippen LogP contribution in [0.3, 0.4) is 0 Å². The summed E-state index contributed by atoms with van der Waals surface area (Å²) in [5, 5.41) is 3.46. The lowest BCUT2D eigenvalue weighted by atomic mass is 10.0. The highest BCUT2D eigenvalue weighted by Crippen LogP contribution is 2.32. The van der Waals surface area contributed by atoms with Crippen LogP contribution in [0.5, 0.6) is 0 Å². The van der Waals surface area contributed by atoms with Gasteiger partial charge in [0.2, 0.25) is 5.95 Å². The second-order valence-electron chi connectivity index (χ2n) is 6.61. The van der Waals surface area contributed by atoms with Crippen molar-refractivity contribution in [2.45, 2.75) is 31.6 Å². The second kappa shape index (κ2) is 6.98. The third-order valence-electron chi connectivity index (χ3n) is 4.93. The van der Waals surface area contributed by atoms with Gasteiger partial charge in [-0.2, -0.15) is 4.98 Å². The first-order valence-electron chi connectivity index (χ1n) is 8.92. The van der Waals surface area contributed by atoms with Crippen LogP contribution in [-0.4, -0.2) is 42.1 Å². The van der Waals surface area contributed by atoms with E-state index in [4.69, 9.17) is 14.5 Å². The second-order valence-corrected chi connectivity index (χ2v) is 6.61. The summed E-state index contributed by atoms with van der Waals surface area (Å²) in [6.45, 7) is 5.23. The molecule has 1 atom stereocenters. The maximum absolute atomic E-state index is 5.79. The van der Waals surface area contributed by atoms with Crippen molar-refractivity contribution in [3.05, 3.63) is 48.2 Å². The summed E-state index contributed by atoms with van der Waals surface area (Å²) in [5.41, 5.74) is 1.23. The molecule has 2 saturated heterocycles. The minimum absolute atomic E-state index is 0.189. The van der Waals surface area contributed by atoms with E-state index in [-0.39, 0.29) is 11.8 Å². The molecule has 6 heteroatoms. The molecule has 0 radical (unpaired) electrons. The van der Waals surface area contributed by atoms with Crippen molar-refractivity contribution in [3.8, 4) is 0 Å². The Morgan fingerprint density at radius 2 is 1.80 bits per heavy atom. The van der Waals surface area contributed by atoms with Gasteiger partial charge in [0.1, 0.15) is 5.82 Å². The molecule has 3 heterocycles. The van der Waals surface area contributed by atoms with E-state index >= 15 is 0 Å².